The van der Waals surface area contributed by atoms with Gasteiger partial charge in [0, 0.05) is 18.4 Å². The molecule has 0 aromatic carbocycles. The van der Waals surface area contributed by atoms with E-state index in [2.05, 4.69) is 29.5 Å². The third-order valence-electron chi connectivity index (χ3n) is 6.06. The molecule has 2 nitrogen and oxygen atoms in total. The molecule has 4 aliphatic rings. The van der Waals surface area contributed by atoms with Gasteiger partial charge in [0.25, 0.3) is 0 Å². The van der Waals surface area contributed by atoms with Crippen molar-refractivity contribution in [2.75, 3.05) is 7.05 Å². The van der Waals surface area contributed by atoms with Crippen LogP contribution in [-0.2, 0) is 0 Å². The van der Waals surface area contributed by atoms with Crippen LogP contribution in [0.5, 0.6) is 0 Å². The quantitative estimate of drug-likeness (QED) is 0.896. The lowest BCUT2D eigenvalue weighted by Gasteiger charge is -2.56. The predicted octanol–water partition coefficient (Wildman–Crippen LogP) is 3.41. The van der Waals surface area contributed by atoms with E-state index >= 15 is 0 Å². The SMILES string of the molecule is CNC(c1ccncc1)C1C2CC3CC(C2)CC1C3. The minimum absolute atomic E-state index is 0.540. The Morgan fingerprint density at radius 2 is 1.58 bits per heavy atom. The van der Waals surface area contributed by atoms with Gasteiger partial charge < -0.3 is 5.32 Å². The Morgan fingerprint density at radius 3 is 2.11 bits per heavy atom. The number of hydrogen-bond acceptors (Lipinski definition) is 2. The molecule has 0 radical (unpaired) electrons. The second-order valence-corrected chi connectivity index (χ2v) is 7.05. The highest BCUT2D eigenvalue weighted by atomic mass is 14.9. The zero-order chi connectivity index (χ0) is 12.8. The fourth-order valence-electron chi connectivity index (χ4n) is 5.66. The third kappa shape index (κ3) is 1.92. The van der Waals surface area contributed by atoms with Crippen LogP contribution in [0.15, 0.2) is 24.5 Å². The summed E-state index contributed by atoms with van der Waals surface area (Å²) in [5.74, 6) is 4.94. The van der Waals surface area contributed by atoms with Gasteiger partial charge >= 0.3 is 0 Å². The van der Waals surface area contributed by atoms with Gasteiger partial charge in [0.2, 0.25) is 0 Å². The number of hydrogen-bond donors (Lipinski definition) is 1. The van der Waals surface area contributed by atoms with Crippen LogP contribution in [-0.4, -0.2) is 12.0 Å². The van der Waals surface area contributed by atoms with Gasteiger partial charge in [-0.1, -0.05) is 0 Å². The average molecular weight is 256 g/mol. The lowest BCUT2D eigenvalue weighted by molar-refractivity contribution is -0.0515. The summed E-state index contributed by atoms with van der Waals surface area (Å²) >= 11 is 0. The van der Waals surface area contributed by atoms with E-state index in [9.17, 15) is 0 Å². The van der Waals surface area contributed by atoms with E-state index in [1.54, 1.807) is 6.42 Å². The summed E-state index contributed by atoms with van der Waals surface area (Å²) in [7, 11) is 2.14. The largest absolute Gasteiger partial charge is 0.313 e. The molecular weight excluding hydrogens is 232 g/mol. The fraction of sp³-hybridized carbons (Fsp3) is 0.706. The molecule has 1 aromatic heterocycles. The molecule has 0 saturated heterocycles. The van der Waals surface area contributed by atoms with Gasteiger partial charge in [0.1, 0.15) is 0 Å². The first-order chi connectivity index (χ1) is 9.35. The Morgan fingerprint density at radius 1 is 1.00 bits per heavy atom. The van der Waals surface area contributed by atoms with Crippen LogP contribution < -0.4 is 5.32 Å². The molecule has 1 heterocycles. The van der Waals surface area contributed by atoms with E-state index in [1.807, 2.05) is 12.4 Å². The highest BCUT2D eigenvalue weighted by Gasteiger charge is 2.50. The first kappa shape index (κ1) is 11.9. The van der Waals surface area contributed by atoms with Crippen LogP contribution in [0.25, 0.3) is 0 Å². The van der Waals surface area contributed by atoms with E-state index in [0.717, 1.165) is 29.6 Å². The maximum Gasteiger partial charge on any atom is 0.0352 e. The molecule has 2 heteroatoms. The van der Waals surface area contributed by atoms with E-state index in [0.29, 0.717) is 6.04 Å². The number of rotatable bonds is 3. The Kier molecular flexibility index (Phi) is 2.87. The second-order valence-electron chi connectivity index (χ2n) is 7.05. The summed E-state index contributed by atoms with van der Waals surface area (Å²) in [4.78, 5) is 4.17. The summed E-state index contributed by atoms with van der Waals surface area (Å²) in [6, 6.07) is 4.94. The van der Waals surface area contributed by atoms with Crippen LogP contribution in [0.3, 0.4) is 0 Å². The van der Waals surface area contributed by atoms with E-state index in [4.69, 9.17) is 0 Å². The molecule has 5 rings (SSSR count). The van der Waals surface area contributed by atoms with E-state index in [1.165, 1.54) is 31.2 Å². The van der Waals surface area contributed by atoms with Gasteiger partial charge in [-0.3, -0.25) is 4.98 Å². The van der Waals surface area contributed by atoms with Crippen LogP contribution in [0, 0.1) is 29.6 Å². The molecular formula is C17H24N2. The maximum atomic E-state index is 4.17. The van der Waals surface area contributed by atoms with Crippen molar-refractivity contribution in [1.82, 2.24) is 10.3 Å². The normalized spacial score (nSPS) is 41.4. The third-order valence-corrected chi connectivity index (χ3v) is 6.06. The van der Waals surface area contributed by atoms with E-state index < -0.39 is 0 Å². The molecule has 0 aliphatic heterocycles. The van der Waals surface area contributed by atoms with Gasteiger partial charge in [-0.25, -0.2) is 0 Å². The molecule has 19 heavy (non-hydrogen) atoms. The average Bonchev–Trinajstić information content (AvgIpc) is 2.43. The molecule has 1 aromatic rings. The maximum absolute atomic E-state index is 4.17. The van der Waals surface area contributed by atoms with Crippen molar-refractivity contribution < 1.29 is 0 Å². The number of nitrogens with zero attached hydrogens (tertiary/aromatic N) is 1. The van der Waals surface area contributed by atoms with Crippen LogP contribution >= 0.6 is 0 Å². The lowest BCUT2D eigenvalue weighted by atomic mass is 9.50. The van der Waals surface area contributed by atoms with E-state index in [-0.39, 0.29) is 0 Å². The van der Waals surface area contributed by atoms with Crippen LogP contribution in [0.4, 0.5) is 0 Å². The van der Waals surface area contributed by atoms with Gasteiger partial charge in [0.15, 0.2) is 0 Å². The molecule has 4 saturated carbocycles. The smallest absolute Gasteiger partial charge is 0.0352 e. The molecule has 1 N–H and O–H groups in total. The van der Waals surface area contributed by atoms with Gasteiger partial charge in [-0.15, -0.1) is 0 Å². The molecule has 0 amide bonds. The standard InChI is InChI=1S/C17H24N2/c1-18-17(13-2-4-19-5-3-13)16-14-7-11-6-12(9-14)10-15(16)8-11/h2-5,11-12,14-18H,6-10H2,1H3. The first-order valence-corrected chi connectivity index (χ1v) is 7.92. The Hall–Kier alpha value is -0.890. The minimum atomic E-state index is 0.540. The summed E-state index contributed by atoms with van der Waals surface area (Å²) in [6.07, 6.45) is 11.4. The molecule has 4 bridgehead atoms. The molecule has 1 atom stereocenters. The summed E-state index contributed by atoms with van der Waals surface area (Å²) in [5.41, 5.74) is 1.44. The summed E-state index contributed by atoms with van der Waals surface area (Å²) in [6.45, 7) is 0. The highest BCUT2D eigenvalue weighted by Crippen LogP contribution is 2.59. The Balaban J connectivity index is 1.64. The zero-order valence-electron chi connectivity index (χ0n) is 11.8. The Labute approximate surface area is 116 Å². The molecule has 102 valence electrons. The van der Waals surface area contributed by atoms with Crippen molar-refractivity contribution in [3.05, 3.63) is 30.1 Å². The number of nitrogens with one attached hydrogen (secondary N) is 1. The van der Waals surface area contributed by atoms with Gasteiger partial charge in [0.05, 0.1) is 0 Å². The van der Waals surface area contributed by atoms with Gasteiger partial charge in [-0.05, 0) is 86.4 Å². The highest BCUT2D eigenvalue weighted by molar-refractivity contribution is 5.18. The lowest BCUT2D eigenvalue weighted by Crippen LogP contribution is -2.49. The second kappa shape index (κ2) is 4.59. The van der Waals surface area contributed by atoms with Crippen LogP contribution in [0.2, 0.25) is 0 Å². The van der Waals surface area contributed by atoms with Crippen molar-refractivity contribution in [1.29, 1.82) is 0 Å². The number of pyridine rings is 1. The van der Waals surface area contributed by atoms with Crippen molar-refractivity contribution >= 4 is 0 Å². The minimum Gasteiger partial charge on any atom is -0.313 e. The zero-order valence-corrected chi connectivity index (χ0v) is 11.8. The van der Waals surface area contributed by atoms with Crippen molar-refractivity contribution in [2.24, 2.45) is 29.6 Å². The Bertz CT molecular complexity index is 414. The molecule has 4 aliphatic carbocycles. The monoisotopic (exact) mass is 256 g/mol. The van der Waals surface area contributed by atoms with Crippen molar-refractivity contribution in [2.45, 2.75) is 38.1 Å². The first-order valence-electron chi connectivity index (χ1n) is 7.92. The molecule has 1 unspecified atom stereocenters. The molecule has 0 spiro atoms. The van der Waals surface area contributed by atoms with Crippen molar-refractivity contribution in [3.63, 3.8) is 0 Å². The summed E-state index contributed by atoms with van der Waals surface area (Å²) in [5, 5.41) is 3.62. The number of aromatic nitrogens is 1. The van der Waals surface area contributed by atoms with Gasteiger partial charge in [-0.2, -0.15) is 0 Å². The predicted molar refractivity (Wildman–Crippen MR) is 76.6 cm³/mol. The topological polar surface area (TPSA) is 24.9 Å². The van der Waals surface area contributed by atoms with Crippen molar-refractivity contribution in [3.8, 4) is 0 Å². The van der Waals surface area contributed by atoms with Crippen LogP contribution in [0.1, 0.15) is 43.7 Å². The summed E-state index contributed by atoms with van der Waals surface area (Å²) < 4.78 is 0. The molecule has 4 fully saturated rings. The fourth-order valence-corrected chi connectivity index (χ4v) is 5.66.